The number of amides is 4. The van der Waals surface area contributed by atoms with E-state index < -0.39 is 53.3 Å². The predicted molar refractivity (Wildman–Crippen MR) is 247 cm³/mol. The highest BCUT2D eigenvalue weighted by atomic mass is 35.5. The Labute approximate surface area is 379 Å². The van der Waals surface area contributed by atoms with Gasteiger partial charge in [0, 0.05) is 48.9 Å². The summed E-state index contributed by atoms with van der Waals surface area (Å²) in [5, 5.41) is 3.24. The van der Waals surface area contributed by atoms with Gasteiger partial charge < -0.3 is 30.5 Å². The summed E-state index contributed by atoms with van der Waals surface area (Å²) >= 11 is 7.07. The largest absolute Gasteiger partial charge is 0.444 e. The fourth-order valence-corrected chi connectivity index (χ4v) is 10.4. The van der Waals surface area contributed by atoms with Gasteiger partial charge in [-0.1, -0.05) is 142 Å². The van der Waals surface area contributed by atoms with E-state index in [1.807, 2.05) is 60.7 Å². The van der Waals surface area contributed by atoms with Crippen LogP contribution in [0.1, 0.15) is 144 Å². The topological polar surface area (TPSA) is 142 Å². The minimum absolute atomic E-state index is 0.264. The van der Waals surface area contributed by atoms with Gasteiger partial charge in [-0.05, 0) is 69.4 Å². The van der Waals surface area contributed by atoms with E-state index in [-0.39, 0.29) is 12.5 Å². The molecule has 12 heteroatoms. The number of carbonyl (C=O) groups is 5. The third kappa shape index (κ3) is 11.1. The number of nitrogens with two attached hydrogens (primary N) is 1. The van der Waals surface area contributed by atoms with Crippen LogP contribution in [0.3, 0.4) is 0 Å². The summed E-state index contributed by atoms with van der Waals surface area (Å²) in [6.07, 6.45) is 15.6. The van der Waals surface area contributed by atoms with Crippen LogP contribution in [0.15, 0.2) is 78.9 Å². The standard InChI is InChI=1S/C51H68ClN5O6/c1-37(55(2)49(62)50(31-17-18-32-50)54-45(58)36-53)47(60)56(3)44(48(61)57-33-19-10-20-34-57)35-46(59)63-51(40-23-13-9-14-24-40,42-25-15-16-26-43(42)52)41-29-27-39(28-30-41)38-21-11-7-5-4-6-8-12-22-38/h9,13-16,23-30,37-38,44H,4-8,10-12,17-22,31-36,53H2,1-3H3,(H,54,58)/t37-,44-,51?/m0/s1. The van der Waals surface area contributed by atoms with E-state index >= 15 is 0 Å². The third-order valence-corrected chi connectivity index (χ3v) is 14.2. The van der Waals surface area contributed by atoms with Gasteiger partial charge in [0.25, 0.3) is 0 Å². The van der Waals surface area contributed by atoms with Crippen LogP contribution in [0.5, 0.6) is 0 Å². The van der Waals surface area contributed by atoms with Crippen LogP contribution in [0, 0.1) is 0 Å². The molecule has 1 saturated heterocycles. The average molecular weight is 883 g/mol. The zero-order valence-corrected chi connectivity index (χ0v) is 38.4. The van der Waals surface area contributed by atoms with E-state index in [2.05, 4.69) is 17.4 Å². The molecule has 63 heavy (non-hydrogen) atoms. The van der Waals surface area contributed by atoms with Crippen molar-refractivity contribution >= 4 is 41.2 Å². The van der Waals surface area contributed by atoms with Crippen LogP contribution in [0.4, 0.5) is 0 Å². The van der Waals surface area contributed by atoms with Crippen LogP contribution >= 0.6 is 11.6 Å². The molecule has 0 spiro atoms. The number of rotatable bonds is 14. The second-order valence-electron chi connectivity index (χ2n) is 18.1. The molecular weight excluding hydrogens is 814 g/mol. The summed E-state index contributed by atoms with van der Waals surface area (Å²) in [5.74, 6) is -1.98. The van der Waals surface area contributed by atoms with Gasteiger partial charge in [-0.3, -0.25) is 24.0 Å². The fraction of sp³-hybridized carbons (Fsp3) is 0.549. The minimum Gasteiger partial charge on any atom is -0.444 e. The highest BCUT2D eigenvalue weighted by Crippen LogP contribution is 2.45. The number of nitrogens with one attached hydrogen (secondary N) is 1. The van der Waals surface area contributed by atoms with Crippen LogP contribution < -0.4 is 11.1 Å². The molecule has 0 bridgehead atoms. The van der Waals surface area contributed by atoms with Crippen molar-refractivity contribution in [1.29, 1.82) is 0 Å². The monoisotopic (exact) mass is 881 g/mol. The minimum atomic E-state index is -1.52. The molecule has 4 amide bonds. The van der Waals surface area contributed by atoms with E-state index in [4.69, 9.17) is 22.1 Å². The number of ether oxygens (including phenoxy) is 1. The van der Waals surface area contributed by atoms with Crippen molar-refractivity contribution in [2.24, 2.45) is 5.73 Å². The number of hydrogen-bond acceptors (Lipinski definition) is 7. The number of halogens is 1. The van der Waals surface area contributed by atoms with Gasteiger partial charge in [0.05, 0.1) is 13.0 Å². The predicted octanol–water partition coefficient (Wildman–Crippen LogP) is 8.25. The van der Waals surface area contributed by atoms with Crippen molar-refractivity contribution in [3.05, 3.63) is 106 Å². The number of likely N-dealkylation sites (N-methyl/N-ethyl adjacent to an activating group) is 2. The fourth-order valence-electron chi connectivity index (χ4n) is 10.1. The van der Waals surface area contributed by atoms with Gasteiger partial charge in [0.1, 0.15) is 17.6 Å². The van der Waals surface area contributed by atoms with Crippen molar-refractivity contribution in [3.63, 3.8) is 0 Å². The molecule has 3 aromatic carbocycles. The second kappa shape index (κ2) is 22.2. The highest BCUT2D eigenvalue weighted by Gasteiger charge is 2.47. The lowest BCUT2D eigenvalue weighted by Gasteiger charge is -2.39. The smallest absolute Gasteiger partial charge is 0.310 e. The Balaban J connectivity index is 1.34. The first-order chi connectivity index (χ1) is 30.4. The van der Waals surface area contributed by atoms with E-state index in [9.17, 15) is 24.0 Å². The molecule has 1 heterocycles. The Morgan fingerprint density at radius 2 is 1.32 bits per heavy atom. The summed E-state index contributed by atoms with van der Waals surface area (Å²) in [6.45, 7) is 2.35. The maximum absolute atomic E-state index is 14.9. The zero-order chi connectivity index (χ0) is 45.0. The Morgan fingerprint density at radius 1 is 0.762 bits per heavy atom. The van der Waals surface area contributed by atoms with Gasteiger partial charge >= 0.3 is 5.97 Å². The molecule has 1 aliphatic heterocycles. The van der Waals surface area contributed by atoms with Crippen molar-refractivity contribution < 1.29 is 28.7 Å². The lowest BCUT2D eigenvalue weighted by atomic mass is 9.78. The Morgan fingerprint density at radius 3 is 1.92 bits per heavy atom. The maximum atomic E-state index is 14.9. The number of benzene rings is 3. The van der Waals surface area contributed by atoms with Gasteiger partial charge in [-0.2, -0.15) is 0 Å². The SMILES string of the molecule is C[C@@H](C(=O)N(C)[C@@H](CC(=O)OC(c1ccccc1)(c1ccc(C2CCCCCCCCC2)cc1)c1ccccc1Cl)C(=O)N1CCCCC1)N(C)C(=O)C1(NC(=O)CN)CCCC1. The van der Waals surface area contributed by atoms with E-state index in [0.717, 1.165) is 44.9 Å². The summed E-state index contributed by atoms with van der Waals surface area (Å²) in [6, 6.07) is 23.0. The molecule has 3 atom stereocenters. The molecule has 0 radical (unpaired) electrons. The Kier molecular flexibility index (Phi) is 16.9. The maximum Gasteiger partial charge on any atom is 0.310 e. The van der Waals surface area contributed by atoms with Crippen LogP contribution in [-0.2, 0) is 34.3 Å². The van der Waals surface area contributed by atoms with Gasteiger partial charge in [0.15, 0.2) is 5.60 Å². The number of piperidine rings is 1. The van der Waals surface area contributed by atoms with Gasteiger partial charge in [-0.25, -0.2) is 0 Å². The first kappa shape index (κ1) is 47.7. The molecule has 6 rings (SSSR count). The second-order valence-corrected chi connectivity index (χ2v) is 18.5. The van der Waals surface area contributed by atoms with E-state index in [1.54, 1.807) is 17.9 Å². The average Bonchev–Trinajstić information content (AvgIpc) is 3.80. The number of likely N-dealkylation sites (tertiary alicyclic amines) is 1. The van der Waals surface area contributed by atoms with E-state index in [0.29, 0.717) is 53.6 Å². The molecule has 11 nitrogen and oxygen atoms in total. The van der Waals surface area contributed by atoms with Crippen LogP contribution in [0.25, 0.3) is 0 Å². The van der Waals surface area contributed by atoms with Crippen LogP contribution in [0.2, 0.25) is 5.02 Å². The highest BCUT2D eigenvalue weighted by molar-refractivity contribution is 6.31. The molecule has 2 aliphatic carbocycles. The lowest BCUT2D eigenvalue weighted by Crippen LogP contribution is -2.62. The molecule has 2 saturated carbocycles. The molecule has 1 unspecified atom stereocenters. The Hall–Kier alpha value is -4.74. The Bertz CT molecular complexity index is 2010. The molecule has 0 aromatic heterocycles. The zero-order valence-electron chi connectivity index (χ0n) is 37.6. The normalized spacial score (nSPS) is 19.2. The summed E-state index contributed by atoms with van der Waals surface area (Å²) in [5.41, 5.74) is 6.14. The number of nitrogens with zero attached hydrogens (tertiary/aromatic N) is 3. The molecule has 340 valence electrons. The molecule has 3 fully saturated rings. The summed E-state index contributed by atoms with van der Waals surface area (Å²) in [4.78, 5) is 75.0. The number of hydrogen-bond donors (Lipinski definition) is 2. The van der Waals surface area contributed by atoms with Crippen molar-refractivity contribution in [2.45, 2.75) is 145 Å². The first-order valence-electron chi connectivity index (χ1n) is 23.4. The molecular formula is C51H68ClN5O6. The first-order valence-corrected chi connectivity index (χ1v) is 23.8. The third-order valence-electron chi connectivity index (χ3n) is 13.9. The summed E-state index contributed by atoms with van der Waals surface area (Å²) < 4.78 is 6.85. The quantitative estimate of drug-likeness (QED) is 0.123. The summed E-state index contributed by atoms with van der Waals surface area (Å²) in [7, 11) is 3.04. The number of esters is 1. The van der Waals surface area contributed by atoms with Crippen molar-refractivity contribution in [2.75, 3.05) is 33.7 Å². The molecule has 3 N–H and O–H groups in total. The molecule has 3 aliphatic rings. The van der Waals surface area contributed by atoms with Crippen molar-refractivity contribution in [1.82, 2.24) is 20.0 Å². The van der Waals surface area contributed by atoms with Crippen molar-refractivity contribution in [3.8, 4) is 0 Å². The van der Waals surface area contributed by atoms with Gasteiger partial charge in [-0.15, -0.1) is 0 Å². The van der Waals surface area contributed by atoms with Crippen LogP contribution in [-0.4, -0.2) is 95.6 Å². The van der Waals surface area contributed by atoms with E-state index in [1.165, 1.54) is 74.4 Å². The molecule has 3 aromatic rings. The van der Waals surface area contributed by atoms with Gasteiger partial charge in [0.2, 0.25) is 23.6 Å². The number of carbonyl (C=O) groups excluding carboxylic acids is 5. The lowest BCUT2D eigenvalue weighted by molar-refractivity contribution is -0.160.